The maximum absolute atomic E-state index is 11.9. The summed E-state index contributed by atoms with van der Waals surface area (Å²) < 4.78 is 0. The van der Waals surface area contributed by atoms with Crippen LogP contribution < -0.4 is 11.1 Å². The van der Waals surface area contributed by atoms with E-state index in [4.69, 9.17) is 10.8 Å². The summed E-state index contributed by atoms with van der Waals surface area (Å²) in [6.45, 7) is 5.51. The largest absolute Gasteiger partial charge is 0.478 e. The number of nitrogen functional groups attached to an aromatic ring is 1. The zero-order valence-corrected chi connectivity index (χ0v) is 10.1. The molecule has 0 unspecified atom stereocenters. The van der Waals surface area contributed by atoms with Gasteiger partial charge in [-0.2, -0.15) is 0 Å². The zero-order chi connectivity index (χ0) is 13.2. The molecule has 0 bridgehead atoms. The van der Waals surface area contributed by atoms with Gasteiger partial charge in [-0.1, -0.05) is 0 Å². The van der Waals surface area contributed by atoms with Gasteiger partial charge >= 0.3 is 5.97 Å². The van der Waals surface area contributed by atoms with Crippen LogP contribution in [-0.2, 0) is 0 Å². The molecule has 17 heavy (non-hydrogen) atoms. The van der Waals surface area contributed by atoms with Gasteiger partial charge in [0.2, 0.25) is 0 Å². The van der Waals surface area contributed by atoms with E-state index in [0.717, 1.165) is 0 Å². The van der Waals surface area contributed by atoms with Crippen molar-refractivity contribution in [2.75, 3.05) is 5.73 Å². The fourth-order valence-electron chi connectivity index (χ4n) is 1.29. The van der Waals surface area contributed by atoms with Gasteiger partial charge in [-0.15, -0.1) is 0 Å². The summed E-state index contributed by atoms with van der Waals surface area (Å²) in [5.74, 6) is -1.46. The molecule has 0 saturated heterocycles. The second kappa shape index (κ2) is 4.45. The van der Waals surface area contributed by atoms with Gasteiger partial charge in [-0.3, -0.25) is 4.79 Å². The van der Waals surface area contributed by atoms with Crippen molar-refractivity contribution in [2.45, 2.75) is 26.3 Å². The number of carbonyl (C=O) groups is 2. The third kappa shape index (κ3) is 3.48. The van der Waals surface area contributed by atoms with Crippen LogP contribution in [0.2, 0.25) is 0 Å². The van der Waals surface area contributed by atoms with Crippen LogP contribution in [0.1, 0.15) is 41.5 Å². The van der Waals surface area contributed by atoms with E-state index in [2.05, 4.69) is 5.32 Å². The minimum atomic E-state index is -1.09. The molecule has 0 aromatic heterocycles. The van der Waals surface area contributed by atoms with Crippen molar-refractivity contribution in [2.24, 2.45) is 0 Å². The molecule has 4 N–H and O–H groups in total. The van der Waals surface area contributed by atoms with Crippen LogP contribution in [-0.4, -0.2) is 22.5 Å². The van der Waals surface area contributed by atoms with Gasteiger partial charge < -0.3 is 16.2 Å². The number of hydrogen-bond acceptors (Lipinski definition) is 3. The average molecular weight is 236 g/mol. The lowest BCUT2D eigenvalue weighted by atomic mass is 10.0. The van der Waals surface area contributed by atoms with E-state index in [1.54, 1.807) is 0 Å². The number of nitrogens with one attached hydrogen (secondary N) is 1. The van der Waals surface area contributed by atoms with Crippen LogP contribution in [0.5, 0.6) is 0 Å². The highest BCUT2D eigenvalue weighted by Gasteiger charge is 2.18. The molecule has 0 aliphatic carbocycles. The summed E-state index contributed by atoms with van der Waals surface area (Å²) in [7, 11) is 0. The number of hydrogen-bond donors (Lipinski definition) is 3. The van der Waals surface area contributed by atoms with Crippen LogP contribution in [0.4, 0.5) is 5.69 Å². The van der Waals surface area contributed by atoms with Crippen molar-refractivity contribution < 1.29 is 14.7 Å². The number of benzene rings is 1. The molecule has 5 nitrogen and oxygen atoms in total. The van der Waals surface area contributed by atoms with Crippen molar-refractivity contribution >= 4 is 17.6 Å². The number of rotatable bonds is 2. The number of anilines is 1. The molecule has 1 amide bonds. The van der Waals surface area contributed by atoms with Gasteiger partial charge in [0, 0.05) is 11.2 Å². The SMILES string of the molecule is CC(C)(C)NC(=O)c1cc(C(=O)O)ccc1N. The minimum absolute atomic E-state index is 0.0401. The third-order valence-electron chi connectivity index (χ3n) is 2.03. The molecule has 0 aliphatic heterocycles. The Labute approximate surface area is 99.6 Å². The topological polar surface area (TPSA) is 92.4 Å². The Morgan fingerprint density at radius 3 is 2.35 bits per heavy atom. The van der Waals surface area contributed by atoms with Gasteiger partial charge in [-0.05, 0) is 39.0 Å². The number of carbonyl (C=O) groups excluding carboxylic acids is 1. The number of aromatic carboxylic acids is 1. The third-order valence-corrected chi connectivity index (χ3v) is 2.03. The summed E-state index contributed by atoms with van der Waals surface area (Å²) in [5, 5.41) is 11.6. The number of carboxylic acid groups (broad SMARTS) is 1. The fraction of sp³-hybridized carbons (Fsp3) is 0.333. The van der Waals surface area contributed by atoms with E-state index in [9.17, 15) is 9.59 Å². The molecule has 0 spiro atoms. The molecule has 92 valence electrons. The van der Waals surface area contributed by atoms with Crippen molar-refractivity contribution in [3.8, 4) is 0 Å². The molecule has 1 aromatic carbocycles. The van der Waals surface area contributed by atoms with E-state index < -0.39 is 11.5 Å². The Morgan fingerprint density at radius 2 is 1.88 bits per heavy atom. The first kappa shape index (κ1) is 13.0. The molecule has 0 saturated carbocycles. The Morgan fingerprint density at radius 1 is 1.29 bits per heavy atom. The van der Waals surface area contributed by atoms with Crippen molar-refractivity contribution in [1.82, 2.24) is 5.32 Å². The van der Waals surface area contributed by atoms with E-state index in [-0.39, 0.29) is 22.7 Å². The first-order valence-electron chi connectivity index (χ1n) is 5.16. The molecule has 0 aliphatic rings. The van der Waals surface area contributed by atoms with Gasteiger partial charge in [0.25, 0.3) is 5.91 Å². The lowest BCUT2D eigenvalue weighted by molar-refractivity contribution is 0.0697. The summed E-state index contributed by atoms with van der Waals surface area (Å²) >= 11 is 0. The first-order valence-corrected chi connectivity index (χ1v) is 5.16. The standard InChI is InChI=1S/C12H16N2O3/c1-12(2,3)14-10(15)8-6-7(11(16)17)4-5-9(8)13/h4-6H,13H2,1-3H3,(H,14,15)(H,16,17). The quantitative estimate of drug-likeness (QED) is 0.678. The molecular formula is C12H16N2O3. The van der Waals surface area contributed by atoms with E-state index >= 15 is 0 Å². The van der Waals surface area contributed by atoms with Gasteiger partial charge in [-0.25, -0.2) is 4.79 Å². The van der Waals surface area contributed by atoms with E-state index in [0.29, 0.717) is 0 Å². The average Bonchev–Trinajstić information content (AvgIpc) is 2.14. The first-order chi connectivity index (χ1) is 7.70. The Hall–Kier alpha value is -2.04. The number of carboxylic acids is 1. The van der Waals surface area contributed by atoms with Crippen LogP contribution in [0.3, 0.4) is 0 Å². The maximum Gasteiger partial charge on any atom is 0.335 e. The van der Waals surface area contributed by atoms with Crippen molar-refractivity contribution in [3.63, 3.8) is 0 Å². The maximum atomic E-state index is 11.9. The lowest BCUT2D eigenvalue weighted by Gasteiger charge is -2.21. The normalized spacial score (nSPS) is 11.0. The molecule has 0 radical (unpaired) electrons. The second-order valence-electron chi connectivity index (χ2n) is 4.81. The summed E-state index contributed by atoms with van der Waals surface area (Å²) in [6, 6.07) is 4.06. The van der Waals surface area contributed by atoms with Crippen LogP contribution in [0.25, 0.3) is 0 Å². The highest BCUT2D eigenvalue weighted by atomic mass is 16.4. The van der Waals surface area contributed by atoms with E-state index in [1.165, 1.54) is 18.2 Å². The molecule has 5 heteroatoms. The Bertz CT molecular complexity index is 461. The monoisotopic (exact) mass is 236 g/mol. The smallest absolute Gasteiger partial charge is 0.335 e. The molecule has 0 atom stereocenters. The van der Waals surface area contributed by atoms with Crippen molar-refractivity contribution in [1.29, 1.82) is 0 Å². The molecule has 1 aromatic rings. The Kier molecular flexibility index (Phi) is 3.41. The van der Waals surface area contributed by atoms with Gasteiger partial charge in [0.05, 0.1) is 11.1 Å². The second-order valence-corrected chi connectivity index (χ2v) is 4.81. The highest BCUT2D eigenvalue weighted by Crippen LogP contribution is 2.15. The molecule has 0 fully saturated rings. The summed E-state index contributed by atoms with van der Waals surface area (Å²) in [5.41, 5.74) is 5.74. The van der Waals surface area contributed by atoms with Crippen LogP contribution >= 0.6 is 0 Å². The molecule has 0 heterocycles. The van der Waals surface area contributed by atoms with Gasteiger partial charge in [0.15, 0.2) is 0 Å². The minimum Gasteiger partial charge on any atom is -0.478 e. The predicted octanol–water partition coefficient (Wildman–Crippen LogP) is 1.50. The number of amides is 1. The summed E-state index contributed by atoms with van der Waals surface area (Å²) in [4.78, 5) is 22.7. The van der Waals surface area contributed by atoms with Crippen LogP contribution in [0, 0.1) is 0 Å². The Balaban J connectivity index is 3.08. The lowest BCUT2D eigenvalue weighted by Crippen LogP contribution is -2.40. The molecule has 1 rings (SSSR count). The highest BCUT2D eigenvalue weighted by molar-refractivity contribution is 6.02. The van der Waals surface area contributed by atoms with E-state index in [1.807, 2.05) is 20.8 Å². The number of nitrogens with two attached hydrogens (primary N) is 1. The molecular weight excluding hydrogens is 220 g/mol. The fourth-order valence-corrected chi connectivity index (χ4v) is 1.29. The predicted molar refractivity (Wildman–Crippen MR) is 65.0 cm³/mol. The zero-order valence-electron chi connectivity index (χ0n) is 10.1. The van der Waals surface area contributed by atoms with Gasteiger partial charge in [0.1, 0.15) is 0 Å². The van der Waals surface area contributed by atoms with Crippen molar-refractivity contribution in [3.05, 3.63) is 29.3 Å². The summed E-state index contributed by atoms with van der Waals surface area (Å²) in [6.07, 6.45) is 0. The van der Waals surface area contributed by atoms with Crippen LogP contribution in [0.15, 0.2) is 18.2 Å².